The molecule has 0 unspecified atom stereocenters. The first-order valence-electron chi connectivity index (χ1n) is 6.34. The summed E-state index contributed by atoms with van der Waals surface area (Å²) in [5.41, 5.74) is 6.77. The normalized spacial score (nSPS) is 10.1. The summed E-state index contributed by atoms with van der Waals surface area (Å²) in [6, 6.07) is 11.0. The number of halogens is 2. The number of hydrogen-bond donors (Lipinski definition) is 3. The number of hydrogen-bond acceptors (Lipinski definition) is 2. The average Bonchev–Trinajstić information content (AvgIpc) is 2.48. The molecule has 0 atom stereocenters. The number of amides is 3. The van der Waals surface area contributed by atoms with Crippen LogP contribution < -0.4 is 16.4 Å². The molecule has 114 valence electrons. The minimum absolute atomic E-state index is 0.293. The third-order valence-corrected chi connectivity index (χ3v) is 3.41. The highest BCUT2D eigenvalue weighted by Crippen LogP contribution is 2.25. The van der Waals surface area contributed by atoms with Crippen molar-refractivity contribution >= 4 is 40.8 Å². The topological polar surface area (TPSA) is 84.2 Å². The van der Waals surface area contributed by atoms with Crippen LogP contribution in [0.25, 0.3) is 0 Å². The van der Waals surface area contributed by atoms with Crippen LogP contribution in [0.5, 0.6) is 0 Å². The van der Waals surface area contributed by atoms with Crippen molar-refractivity contribution in [2.45, 2.75) is 6.54 Å². The Hall–Kier alpha value is -2.24. The van der Waals surface area contributed by atoms with Crippen LogP contribution in [0.3, 0.4) is 0 Å². The molecule has 2 aromatic rings. The highest BCUT2D eigenvalue weighted by Gasteiger charge is 2.09. The van der Waals surface area contributed by atoms with E-state index in [0.29, 0.717) is 27.8 Å². The van der Waals surface area contributed by atoms with Gasteiger partial charge in [0.25, 0.3) is 5.91 Å². The monoisotopic (exact) mass is 337 g/mol. The predicted octanol–water partition coefficient (Wildman–Crippen LogP) is 3.41. The summed E-state index contributed by atoms with van der Waals surface area (Å²) in [7, 11) is 0. The van der Waals surface area contributed by atoms with Crippen molar-refractivity contribution in [2.75, 3.05) is 5.32 Å². The molecule has 0 heterocycles. The Balaban J connectivity index is 2.04. The lowest BCUT2D eigenvalue weighted by Crippen LogP contribution is -2.28. The lowest BCUT2D eigenvalue weighted by atomic mass is 10.1. The maximum Gasteiger partial charge on any atom is 0.312 e. The van der Waals surface area contributed by atoms with Crippen molar-refractivity contribution in [3.63, 3.8) is 0 Å². The largest absolute Gasteiger partial charge is 0.352 e. The minimum atomic E-state index is -0.598. The van der Waals surface area contributed by atoms with E-state index in [9.17, 15) is 9.59 Å². The van der Waals surface area contributed by atoms with Crippen LogP contribution in [0.4, 0.5) is 10.5 Å². The van der Waals surface area contributed by atoms with E-state index in [0.717, 1.165) is 5.56 Å². The van der Waals surface area contributed by atoms with Gasteiger partial charge in [0.1, 0.15) is 0 Å². The first kappa shape index (κ1) is 16.1. The Morgan fingerprint density at radius 1 is 1.05 bits per heavy atom. The zero-order valence-corrected chi connectivity index (χ0v) is 12.9. The van der Waals surface area contributed by atoms with Crippen molar-refractivity contribution in [2.24, 2.45) is 5.73 Å². The lowest BCUT2D eigenvalue weighted by molar-refractivity contribution is 0.102. The molecule has 7 heteroatoms. The van der Waals surface area contributed by atoms with Gasteiger partial charge in [0.05, 0.1) is 10.7 Å². The van der Waals surface area contributed by atoms with E-state index in [1.807, 2.05) is 0 Å². The molecule has 0 radical (unpaired) electrons. The third-order valence-electron chi connectivity index (χ3n) is 2.86. The van der Waals surface area contributed by atoms with Crippen LogP contribution in [-0.2, 0) is 6.54 Å². The van der Waals surface area contributed by atoms with Crippen LogP contribution in [-0.4, -0.2) is 11.9 Å². The molecule has 3 amide bonds. The summed E-state index contributed by atoms with van der Waals surface area (Å²) < 4.78 is 0. The number of primary amides is 1. The lowest BCUT2D eigenvalue weighted by Gasteiger charge is -2.08. The summed E-state index contributed by atoms with van der Waals surface area (Å²) in [6.45, 7) is 0.306. The van der Waals surface area contributed by atoms with Crippen LogP contribution in [0.2, 0.25) is 10.0 Å². The van der Waals surface area contributed by atoms with Gasteiger partial charge in [-0.25, -0.2) is 4.79 Å². The average molecular weight is 338 g/mol. The van der Waals surface area contributed by atoms with Gasteiger partial charge in [0, 0.05) is 17.1 Å². The number of benzene rings is 2. The van der Waals surface area contributed by atoms with Gasteiger partial charge >= 0.3 is 6.03 Å². The SMILES string of the molecule is NC(=O)NCc1ccc(C(=O)Nc2ccc(Cl)cc2Cl)cc1. The maximum atomic E-state index is 12.1. The molecular weight excluding hydrogens is 325 g/mol. The van der Waals surface area contributed by atoms with Gasteiger partial charge in [-0.15, -0.1) is 0 Å². The summed E-state index contributed by atoms with van der Waals surface area (Å²) in [5.74, 6) is -0.293. The van der Waals surface area contributed by atoms with E-state index < -0.39 is 6.03 Å². The molecule has 2 aromatic carbocycles. The molecule has 2 rings (SSSR count). The Morgan fingerprint density at radius 3 is 2.32 bits per heavy atom. The van der Waals surface area contributed by atoms with Gasteiger partial charge < -0.3 is 16.4 Å². The molecule has 0 bridgehead atoms. The molecule has 5 nitrogen and oxygen atoms in total. The Morgan fingerprint density at radius 2 is 1.73 bits per heavy atom. The Kier molecular flexibility index (Phi) is 5.25. The van der Waals surface area contributed by atoms with Crippen molar-refractivity contribution in [1.29, 1.82) is 0 Å². The first-order chi connectivity index (χ1) is 10.5. The van der Waals surface area contributed by atoms with E-state index in [-0.39, 0.29) is 5.91 Å². The number of urea groups is 1. The molecule has 0 aliphatic rings. The van der Waals surface area contributed by atoms with Crippen molar-refractivity contribution in [3.8, 4) is 0 Å². The first-order valence-corrected chi connectivity index (χ1v) is 7.10. The number of nitrogens with two attached hydrogens (primary N) is 1. The number of carbonyl (C=O) groups excluding carboxylic acids is 2. The van der Waals surface area contributed by atoms with E-state index in [1.54, 1.807) is 42.5 Å². The van der Waals surface area contributed by atoms with Gasteiger partial charge in [-0.05, 0) is 35.9 Å². The minimum Gasteiger partial charge on any atom is -0.352 e. The van der Waals surface area contributed by atoms with E-state index >= 15 is 0 Å². The number of carbonyl (C=O) groups is 2. The van der Waals surface area contributed by atoms with Gasteiger partial charge in [0.15, 0.2) is 0 Å². The number of anilines is 1. The molecule has 0 fully saturated rings. The van der Waals surface area contributed by atoms with Gasteiger partial charge in [-0.3, -0.25) is 4.79 Å². The van der Waals surface area contributed by atoms with Crippen molar-refractivity contribution in [1.82, 2.24) is 5.32 Å². The summed E-state index contributed by atoms with van der Waals surface area (Å²) in [5, 5.41) is 6.03. The summed E-state index contributed by atoms with van der Waals surface area (Å²) in [4.78, 5) is 22.8. The quantitative estimate of drug-likeness (QED) is 0.798. The molecule has 0 aliphatic heterocycles. The van der Waals surface area contributed by atoms with Crippen LogP contribution in [0, 0.1) is 0 Å². The van der Waals surface area contributed by atoms with E-state index in [2.05, 4.69) is 10.6 Å². The van der Waals surface area contributed by atoms with Crippen molar-refractivity contribution in [3.05, 3.63) is 63.6 Å². The molecule has 4 N–H and O–H groups in total. The highest BCUT2D eigenvalue weighted by molar-refractivity contribution is 6.36. The van der Waals surface area contributed by atoms with E-state index in [1.165, 1.54) is 0 Å². The highest BCUT2D eigenvalue weighted by atomic mass is 35.5. The fourth-order valence-electron chi connectivity index (χ4n) is 1.75. The van der Waals surface area contributed by atoms with E-state index in [4.69, 9.17) is 28.9 Å². The van der Waals surface area contributed by atoms with Crippen LogP contribution in [0.1, 0.15) is 15.9 Å². The fraction of sp³-hybridized carbons (Fsp3) is 0.0667. The number of nitrogens with one attached hydrogen (secondary N) is 2. The summed E-state index contributed by atoms with van der Waals surface area (Å²) >= 11 is 11.8. The second-order valence-corrected chi connectivity index (χ2v) is 5.34. The third kappa shape index (κ3) is 4.38. The van der Waals surface area contributed by atoms with Crippen LogP contribution in [0.15, 0.2) is 42.5 Å². The Bertz CT molecular complexity index is 702. The maximum absolute atomic E-state index is 12.1. The molecule has 0 spiro atoms. The van der Waals surface area contributed by atoms with Crippen LogP contribution >= 0.6 is 23.2 Å². The molecule has 0 aliphatic carbocycles. The molecule has 0 saturated carbocycles. The molecule has 22 heavy (non-hydrogen) atoms. The fourth-order valence-corrected chi connectivity index (χ4v) is 2.20. The Labute approximate surface area is 137 Å². The van der Waals surface area contributed by atoms with Gasteiger partial charge in [0.2, 0.25) is 0 Å². The molecule has 0 saturated heterocycles. The zero-order valence-electron chi connectivity index (χ0n) is 11.4. The molecular formula is C15H13Cl2N3O2. The smallest absolute Gasteiger partial charge is 0.312 e. The summed E-state index contributed by atoms with van der Waals surface area (Å²) in [6.07, 6.45) is 0. The zero-order chi connectivity index (χ0) is 16.1. The molecule has 0 aromatic heterocycles. The van der Waals surface area contributed by atoms with Gasteiger partial charge in [-0.1, -0.05) is 35.3 Å². The van der Waals surface area contributed by atoms with Crippen molar-refractivity contribution < 1.29 is 9.59 Å². The van der Waals surface area contributed by atoms with Gasteiger partial charge in [-0.2, -0.15) is 0 Å². The number of rotatable bonds is 4. The standard InChI is InChI=1S/C15H13Cl2N3O2/c16-11-5-6-13(12(17)7-11)20-14(21)10-3-1-9(2-4-10)8-19-15(18)22/h1-7H,8H2,(H,20,21)(H3,18,19,22). The predicted molar refractivity (Wildman–Crippen MR) is 87.3 cm³/mol. The second kappa shape index (κ2) is 7.15. The second-order valence-electron chi connectivity index (χ2n) is 4.49.